The molecule has 1 atom stereocenters. The van der Waals surface area contributed by atoms with Crippen LogP contribution in [0.1, 0.15) is 27.2 Å². The van der Waals surface area contributed by atoms with E-state index in [4.69, 9.17) is 14.5 Å². The average Bonchev–Trinajstić information content (AvgIpc) is 2.57. The SMILES string of the molecule is CC(C)OCCN1c2nc(N3CCOCC3)cc(=O)n2CCC1C. The summed E-state index contributed by atoms with van der Waals surface area (Å²) in [7, 11) is 0. The Balaban J connectivity index is 1.86. The van der Waals surface area contributed by atoms with E-state index in [9.17, 15) is 4.79 Å². The summed E-state index contributed by atoms with van der Waals surface area (Å²) >= 11 is 0. The van der Waals surface area contributed by atoms with E-state index in [2.05, 4.69) is 16.7 Å². The standard InChI is InChI=1S/C17H28N4O3/c1-13(2)24-11-8-20-14(3)4-5-21-16(22)12-15(18-17(20)21)19-6-9-23-10-7-19/h12-14H,4-11H2,1-3H3. The van der Waals surface area contributed by atoms with Gasteiger partial charge in [-0.25, -0.2) is 0 Å². The van der Waals surface area contributed by atoms with Crippen LogP contribution in [0.25, 0.3) is 0 Å². The molecule has 0 spiro atoms. The lowest BCUT2D eigenvalue weighted by molar-refractivity contribution is 0.0824. The van der Waals surface area contributed by atoms with E-state index in [1.165, 1.54) is 0 Å². The Kier molecular flexibility index (Phi) is 5.40. The van der Waals surface area contributed by atoms with Crippen LogP contribution in [-0.4, -0.2) is 61.2 Å². The summed E-state index contributed by atoms with van der Waals surface area (Å²) in [5.41, 5.74) is 0.0307. The number of anilines is 2. The fourth-order valence-electron chi connectivity index (χ4n) is 3.24. The van der Waals surface area contributed by atoms with E-state index in [-0.39, 0.29) is 11.7 Å². The molecule has 3 rings (SSSR count). The molecule has 0 saturated carbocycles. The zero-order valence-corrected chi connectivity index (χ0v) is 14.9. The second-order valence-electron chi connectivity index (χ2n) is 6.75. The minimum Gasteiger partial charge on any atom is -0.378 e. The van der Waals surface area contributed by atoms with Gasteiger partial charge in [0.1, 0.15) is 5.82 Å². The fourth-order valence-corrected chi connectivity index (χ4v) is 3.24. The first-order valence-electron chi connectivity index (χ1n) is 8.89. The quantitative estimate of drug-likeness (QED) is 0.803. The number of fused-ring (bicyclic) bond motifs is 1. The third-order valence-electron chi connectivity index (χ3n) is 4.65. The van der Waals surface area contributed by atoms with Gasteiger partial charge in [-0.15, -0.1) is 0 Å². The maximum Gasteiger partial charge on any atom is 0.257 e. The third kappa shape index (κ3) is 3.72. The van der Waals surface area contributed by atoms with Crippen molar-refractivity contribution in [2.75, 3.05) is 49.3 Å². The van der Waals surface area contributed by atoms with E-state index in [0.717, 1.165) is 44.4 Å². The molecule has 0 aromatic carbocycles. The van der Waals surface area contributed by atoms with Gasteiger partial charge in [0, 0.05) is 38.3 Å². The summed E-state index contributed by atoms with van der Waals surface area (Å²) in [6, 6.07) is 2.01. The van der Waals surface area contributed by atoms with Gasteiger partial charge in [0.2, 0.25) is 5.95 Å². The van der Waals surface area contributed by atoms with Gasteiger partial charge in [-0.2, -0.15) is 4.98 Å². The van der Waals surface area contributed by atoms with Gasteiger partial charge in [-0.3, -0.25) is 9.36 Å². The topological polar surface area (TPSA) is 59.8 Å². The maximum atomic E-state index is 12.6. The Morgan fingerprint density at radius 2 is 2.08 bits per heavy atom. The lowest BCUT2D eigenvalue weighted by Gasteiger charge is -2.37. The summed E-state index contributed by atoms with van der Waals surface area (Å²) < 4.78 is 12.9. The van der Waals surface area contributed by atoms with Crippen LogP contribution in [0.3, 0.4) is 0 Å². The Labute approximate surface area is 143 Å². The van der Waals surface area contributed by atoms with Gasteiger partial charge in [-0.05, 0) is 27.2 Å². The van der Waals surface area contributed by atoms with Crippen LogP contribution in [0.15, 0.2) is 10.9 Å². The number of aromatic nitrogens is 2. The van der Waals surface area contributed by atoms with Crippen molar-refractivity contribution >= 4 is 11.8 Å². The highest BCUT2D eigenvalue weighted by molar-refractivity contribution is 5.46. The summed E-state index contributed by atoms with van der Waals surface area (Å²) in [4.78, 5) is 21.7. The van der Waals surface area contributed by atoms with Crippen LogP contribution in [0.2, 0.25) is 0 Å². The van der Waals surface area contributed by atoms with E-state index < -0.39 is 0 Å². The van der Waals surface area contributed by atoms with Crippen LogP contribution in [0.5, 0.6) is 0 Å². The molecular weight excluding hydrogens is 308 g/mol. The fraction of sp³-hybridized carbons (Fsp3) is 0.765. The molecule has 1 aromatic rings. The van der Waals surface area contributed by atoms with E-state index >= 15 is 0 Å². The molecule has 1 unspecified atom stereocenters. The van der Waals surface area contributed by atoms with Gasteiger partial charge >= 0.3 is 0 Å². The zero-order chi connectivity index (χ0) is 17.1. The van der Waals surface area contributed by atoms with Crippen molar-refractivity contribution in [1.29, 1.82) is 0 Å². The molecule has 1 saturated heterocycles. The lowest BCUT2D eigenvalue weighted by Crippen LogP contribution is -2.46. The van der Waals surface area contributed by atoms with Crippen LogP contribution in [0.4, 0.5) is 11.8 Å². The monoisotopic (exact) mass is 336 g/mol. The van der Waals surface area contributed by atoms with Crippen molar-refractivity contribution in [2.24, 2.45) is 0 Å². The normalized spacial score (nSPS) is 21.2. The van der Waals surface area contributed by atoms with Crippen molar-refractivity contribution in [3.63, 3.8) is 0 Å². The molecule has 7 heteroatoms. The molecule has 24 heavy (non-hydrogen) atoms. The summed E-state index contributed by atoms with van der Waals surface area (Å²) in [6.45, 7) is 11.3. The van der Waals surface area contributed by atoms with Gasteiger partial charge < -0.3 is 19.3 Å². The number of morpholine rings is 1. The van der Waals surface area contributed by atoms with Crippen LogP contribution >= 0.6 is 0 Å². The number of hydrogen-bond donors (Lipinski definition) is 0. The molecule has 7 nitrogen and oxygen atoms in total. The molecule has 0 amide bonds. The van der Waals surface area contributed by atoms with Crippen molar-refractivity contribution < 1.29 is 9.47 Å². The molecule has 3 heterocycles. The summed E-state index contributed by atoms with van der Waals surface area (Å²) in [6.07, 6.45) is 1.16. The highest BCUT2D eigenvalue weighted by atomic mass is 16.5. The smallest absolute Gasteiger partial charge is 0.257 e. The largest absolute Gasteiger partial charge is 0.378 e. The first kappa shape index (κ1) is 17.2. The van der Waals surface area contributed by atoms with Gasteiger partial charge in [-0.1, -0.05) is 0 Å². The van der Waals surface area contributed by atoms with Crippen LogP contribution < -0.4 is 15.4 Å². The van der Waals surface area contributed by atoms with Crippen molar-refractivity contribution in [3.05, 3.63) is 16.4 Å². The van der Waals surface area contributed by atoms with Gasteiger partial charge in [0.25, 0.3) is 5.56 Å². The Morgan fingerprint density at radius 1 is 1.33 bits per heavy atom. The first-order chi connectivity index (χ1) is 11.6. The van der Waals surface area contributed by atoms with Gasteiger partial charge in [0.15, 0.2) is 0 Å². The highest BCUT2D eigenvalue weighted by Gasteiger charge is 2.27. The van der Waals surface area contributed by atoms with E-state index in [0.29, 0.717) is 25.9 Å². The van der Waals surface area contributed by atoms with Crippen LogP contribution in [-0.2, 0) is 16.0 Å². The molecule has 2 aliphatic rings. The number of nitrogens with zero attached hydrogens (tertiary/aromatic N) is 4. The Hall–Kier alpha value is -1.60. The minimum absolute atomic E-state index is 0.0307. The van der Waals surface area contributed by atoms with Crippen LogP contribution in [0, 0.1) is 0 Å². The zero-order valence-electron chi connectivity index (χ0n) is 14.9. The van der Waals surface area contributed by atoms with Crippen molar-refractivity contribution in [3.8, 4) is 0 Å². The number of ether oxygens (including phenoxy) is 2. The first-order valence-corrected chi connectivity index (χ1v) is 8.89. The maximum absolute atomic E-state index is 12.6. The molecular formula is C17H28N4O3. The predicted molar refractivity (Wildman–Crippen MR) is 94.0 cm³/mol. The lowest BCUT2D eigenvalue weighted by atomic mass is 10.1. The molecule has 134 valence electrons. The molecule has 1 aromatic heterocycles. The molecule has 1 fully saturated rings. The third-order valence-corrected chi connectivity index (χ3v) is 4.65. The average molecular weight is 336 g/mol. The van der Waals surface area contributed by atoms with E-state index in [1.54, 1.807) is 10.6 Å². The Morgan fingerprint density at radius 3 is 2.79 bits per heavy atom. The Bertz CT molecular complexity index is 610. The highest BCUT2D eigenvalue weighted by Crippen LogP contribution is 2.24. The molecule has 0 N–H and O–H groups in total. The van der Waals surface area contributed by atoms with Crippen molar-refractivity contribution in [1.82, 2.24) is 9.55 Å². The summed E-state index contributed by atoms with van der Waals surface area (Å²) in [5.74, 6) is 1.54. The molecule has 2 aliphatic heterocycles. The number of rotatable bonds is 5. The minimum atomic E-state index is 0.0307. The molecule has 0 bridgehead atoms. The predicted octanol–water partition coefficient (Wildman–Crippen LogP) is 1.10. The number of hydrogen-bond acceptors (Lipinski definition) is 6. The van der Waals surface area contributed by atoms with Crippen molar-refractivity contribution in [2.45, 2.75) is 45.9 Å². The molecule has 0 aliphatic carbocycles. The summed E-state index contributed by atoms with van der Waals surface area (Å²) in [5, 5.41) is 0. The second kappa shape index (κ2) is 7.53. The van der Waals surface area contributed by atoms with Gasteiger partial charge in [0.05, 0.1) is 25.9 Å². The second-order valence-corrected chi connectivity index (χ2v) is 6.75. The molecule has 0 radical (unpaired) electrons. The van der Waals surface area contributed by atoms with E-state index in [1.807, 2.05) is 13.8 Å².